The van der Waals surface area contributed by atoms with Crippen molar-refractivity contribution in [3.05, 3.63) is 35.4 Å². The van der Waals surface area contributed by atoms with E-state index in [4.69, 9.17) is 4.74 Å². The van der Waals surface area contributed by atoms with Crippen LogP contribution < -0.4 is 0 Å². The molecule has 0 heterocycles. The van der Waals surface area contributed by atoms with Crippen molar-refractivity contribution < 1.29 is 9.53 Å². The molecule has 0 fully saturated rings. The van der Waals surface area contributed by atoms with Crippen molar-refractivity contribution in [2.24, 2.45) is 0 Å². The van der Waals surface area contributed by atoms with Crippen LogP contribution in [0.4, 0.5) is 0 Å². The van der Waals surface area contributed by atoms with Crippen LogP contribution in [0.5, 0.6) is 0 Å². The smallest absolute Gasteiger partial charge is 0.188 e. The molecule has 0 aliphatic carbocycles. The highest BCUT2D eigenvalue weighted by Crippen LogP contribution is 2.06. The number of ketones is 1. The van der Waals surface area contributed by atoms with Crippen LogP contribution in [0.3, 0.4) is 0 Å². The number of unbranched alkanes of at least 4 members (excludes halogenated alkanes) is 4. The molecule has 0 unspecified atom stereocenters. The molecule has 2 heteroatoms. The molecule has 18 heavy (non-hydrogen) atoms. The Morgan fingerprint density at radius 2 is 1.94 bits per heavy atom. The lowest BCUT2D eigenvalue weighted by Crippen LogP contribution is -2.10. The lowest BCUT2D eigenvalue weighted by atomic mass is 10.1. The number of hydrogen-bond donors (Lipinski definition) is 0. The Labute approximate surface area is 110 Å². The molecule has 0 bridgehead atoms. The van der Waals surface area contributed by atoms with E-state index in [-0.39, 0.29) is 12.4 Å². The molecule has 2 nitrogen and oxygen atoms in total. The summed E-state index contributed by atoms with van der Waals surface area (Å²) in [5.74, 6) is 0.0762. The summed E-state index contributed by atoms with van der Waals surface area (Å²) >= 11 is 0. The van der Waals surface area contributed by atoms with Crippen molar-refractivity contribution in [1.82, 2.24) is 0 Å². The zero-order valence-electron chi connectivity index (χ0n) is 11.6. The van der Waals surface area contributed by atoms with Gasteiger partial charge in [0.05, 0.1) is 0 Å². The fraction of sp³-hybridized carbons (Fsp3) is 0.562. The number of carbonyl (C=O) groups excluding carboxylic acids is 1. The topological polar surface area (TPSA) is 26.3 Å². The monoisotopic (exact) mass is 248 g/mol. The molecule has 1 aromatic carbocycles. The Morgan fingerprint density at radius 1 is 1.17 bits per heavy atom. The first-order valence-corrected chi connectivity index (χ1v) is 6.91. The summed E-state index contributed by atoms with van der Waals surface area (Å²) in [6.45, 7) is 5.10. The van der Waals surface area contributed by atoms with E-state index >= 15 is 0 Å². The van der Waals surface area contributed by atoms with Gasteiger partial charge in [-0.15, -0.1) is 0 Å². The molecule has 0 aliphatic rings. The van der Waals surface area contributed by atoms with Gasteiger partial charge in [0.2, 0.25) is 0 Å². The summed E-state index contributed by atoms with van der Waals surface area (Å²) in [5.41, 5.74) is 1.86. The molecule has 100 valence electrons. The Balaban J connectivity index is 2.14. The van der Waals surface area contributed by atoms with Crippen LogP contribution in [-0.4, -0.2) is 19.0 Å². The molecule has 0 amide bonds. The van der Waals surface area contributed by atoms with Crippen LogP contribution in [0.15, 0.2) is 24.3 Å². The van der Waals surface area contributed by atoms with Gasteiger partial charge in [-0.3, -0.25) is 4.79 Å². The van der Waals surface area contributed by atoms with Gasteiger partial charge in [0.15, 0.2) is 5.78 Å². The first kappa shape index (κ1) is 14.9. The summed E-state index contributed by atoms with van der Waals surface area (Å²) in [7, 11) is 0. The average Bonchev–Trinajstić information content (AvgIpc) is 2.37. The standard InChI is InChI=1S/C16H24O2/c1-3-4-5-6-7-11-18-13-16(17)15-10-8-9-14(2)12-15/h8-10,12H,3-7,11,13H2,1-2H3. The van der Waals surface area contributed by atoms with Gasteiger partial charge in [0.1, 0.15) is 6.61 Å². The minimum atomic E-state index is 0.0762. The second-order valence-electron chi connectivity index (χ2n) is 4.76. The Bertz CT molecular complexity index is 358. The minimum Gasteiger partial charge on any atom is -0.373 e. The molecular weight excluding hydrogens is 224 g/mol. The van der Waals surface area contributed by atoms with Crippen LogP contribution >= 0.6 is 0 Å². The van der Waals surface area contributed by atoms with E-state index in [0.29, 0.717) is 6.61 Å². The van der Waals surface area contributed by atoms with Crippen molar-refractivity contribution >= 4 is 5.78 Å². The van der Waals surface area contributed by atoms with Gasteiger partial charge in [0, 0.05) is 12.2 Å². The maximum absolute atomic E-state index is 11.8. The third-order valence-electron chi connectivity index (χ3n) is 2.97. The van der Waals surface area contributed by atoms with E-state index in [1.165, 1.54) is 25.7 Å². The highest BCUT2D eigenvalue weighted by Gasteiger charge is 2.05. The maximum Gasteiger partial charge on any atom is 0.188 e. The molecule has 0 saturated carbocycles. The fourth-order valence-electron chi connectivity index (χ4n) is 1.87. The van der Waals surface area contributed by atoms with E-state index in [1.807, 2.05) is 31.2 Å². The van der Waals surface area contributed by atoms with Crippen molar-refractivity contribution in [3.63, 3.8) is 0 Å². The highest BCUT2D eigenvalue weighted by molar-refractivity contribution is 5.97. The Hall–Kier alpha value is -1.15. The van der Waals surface area contributed by atoms with Gasteiger partial charge < -0.3 is 4.74 Å². The first-order valence-electron chi connectivity index (χ1n) is 6.91. The van der Waals surface area contributed by atoms with Gasteiger partial charge in [-0.05, 0) is 19.4 Å². The second-order valence-corrected chi connectivity index (χ2v) is 4.76. The van der Waals surface area contributed by atoms with Crippen LogP contribution in [0, 0.1) is 6.92 Å². The molecule has 0 atom stereocenters. The lowest BCUT2D eigenvalue weighted by molar-refractivity contribution is 0.0752. The van der Waals surface area contributed by atoms with Gasteiger partial charge in [0.25, 0.3) is 0 Å². The average molecular weight is 248 g/mol. The van der Waals surface area contributed by atoms with E-state index in [2.05, 4.69) is 6.92 Å². The van der Waals surface area contributed by atoms with E-state index < -0.39 is 0 Å². The van der Waals surface area contributed by atoms with Crippen molar-refractivity contribution in [3.8, 4) is 0 Å². The number of ether oxygens (including phenoxy) is 1. The number of benzene rings is 1. The summed E-state index contributed by atoms with van der Waals surface area (Å²) in [6.07, 6.45) is 6.08. The van der Waals surface area contributed by atoms with Gasteiger partial charge in [-0.25, -0.2) is 0 Å². The molecule has 0 spiro atoms. The van der Waals surface area contributed by atoms with Crippen molar-refractivity contribution in [2.75, 3.05) is 13.2 Å². The Morgan fingerprint density at radius 3 is 2.67 bits per heavy atom. The van der Waals surface area contributed by atoms with Crippen LogP contribution in [-0.2, 0) is 4.74 Å². The summed E-state index contributed by atoms with van der Waals surface area (Å²) in [6, 6.07) is 7.66. The quantitative estimate of drug-likeness (QED) is 0.484. The van der Waals surface area contributed by atoms with Gasteiger partial charge >= 0.3 is 0 Å². The number of Topliss-reactive ketones (excluding diaryl/α,β-unsaturated/α-hetero) is 1. The third-order valence-corrected chi connectivity index (χ3v) is 2.97. The molecule has 0 aromatic heterocycles. The van der Waals surface area contributed by atoms with Gasteiger partial charge in [-0.2, -0.15) is 0 Å². The predicted octanol–water partition coefficient (Wildman–Crippen LogP) is 4.16. The predicted molar refractivity (Wildman–Crippen MR) is 75.1 cm³/mol. The SMILES string of the molecule is CCCCCCCOCC(=O)c1cccc(C)c1. The summed E-state index contributed by atoms with van der Waals surface area (Å²) < 4.78 is 5.42. The number of carbonyl (C=O) groups is 1. The number of aryl methyl sites for hydroxylation is 1. The lowest BCUT2D eigenvalue weighted by Gasteiger charge is -2.04. The normalized spacial score (nSPS) is 10.6. The molecule has 1 aromatic rings. The molecule has 0 aliphatic heterocycles. The minimum absolute atomic E-state index is 0.0762. The van der Waals surface area contributed by atoms with E-state index in [0.717, 1.165) is 17.5 Å². The highest BCUT2D eigenvalue weighted by atomic mass is 16.5. The zero-order chi connectivity index (χ0) is 13.2. The maximum atomic E-state index is 11.8. The van der Waals surface area contributed by atoms with Crippen LogP contribution in [0.2, 0.25) is 0 Å². The molecule has 1 rings (SSSR count). The fourth-order valence-corrected chi connectivity index (χ4v) is 1.87. The molecule has 0 saturated heterocycles. The summed E-state index contributed by atoms with van der Waals surface area (Å²) in [4.78, 5) is 11.8. The summed E-state index contributed by atoms with van der Waals surface area (Å²) in [5, 5.41) is 0. The number of rotatable bonds is 9. The molecule has 0 N–H and O–H groups in total. The Kier molecular flexibility index (Phi) is 7.35. The van der Waals surface area contributed by atoms with E-state index in [9.17, 15) is 4.79 Å². The first-order chi connectivity index (χ1) is 8.74. The van der Waals surface area contributed by atoms with Crippen LogP contribution in [0.1, 0.15) is 54.9 Å². The van der Waals surface area contributed by atoms with Gasteiger partial charge in [-0.1, -0.05) is 56.4 Å². The molecule has 0 radical (unpaired) electrons. The van der Waals surface area contributed by atoms with Crippen molar-refractivity contribution in [2.45, 2.75) is 46.0 Å². The molecular formula is C16H24O2. The largest absolute Gasteiger partial charge is 0.373 e. The zero-order valence-corrected chi connectivity index (χ0v) is 11.6. The third kappa shape index (κ3) is 5.97. The number of hydrogen-bond acceptors (Lipinski definition) is 2. The van der Waals surface area contributed by atoms with Crippen LogP contribution in [0.25, 0.3) is 0 Å². The van der Waals surface area contributed by atoms with E-state index in [1.54, 1.807) is 0 Å². The second kappa shape index (κ2) is 8.87. The van der Waals surface area contributed by atoms with Crippen molar-refractivity contribution in [1.29, 1.82) is 0 Å².